The van der Waals surface area contributed by atoms with Crippen LogP contribution < -0.4 is 10.6 Å². The molecule has 1 aromatic rings. The summed E-state index contributed by atoms with van der Waals surface area (Å²) in [5, 5.41) is 0. The van der Waals surface area contributed by atoms with Crippen LogP contribution in [0.25, 0.3) is 0 Å². The summed E-state index contributed by atoms with van der Waals surface area (Å²) in [5.74, 6) is -1.48. The number of thiocarbonyl (C=S) groups is 1. The second-order valence-corrected chi connectivity index (χ2v) is 5.55. The van der Waals surface area contributed by atoms with Gasteiger partial charge < -0.3 is 15.4 Å². The number of hydrogen-bond acceptors (Lipinski definition) is 3. The van der Waals surface area contributed by atoms with E-state index in [1.165, 1.54) is 12.1 Å². The highest BCUT2D eigenvalue weighted by atomic mass is 32.1. The Hall–Kier alpha value is -1.27. The zero-order chi connectivity index (χ0) is 14.9. The molecule has 0 radical (unpaired) electrons. The van der Waals surface area contributed by atoms with Crippen molar-refractivity contribution >= 4 is 22.9 Å². The summed E-state index contributed by atoms with van der Waals surface area (Å²) in [6, 6.07) is 2.95. The lowest BCUT2D eigenvalue weighted by Gasteiger charge is -2.37. The first kappa shape index (κ1) is 15.1. The molecule has 0 aliphatic carbocycles. The first-order valence-corrected chi connectivity index (χ1v) is 6.92. The Morgan fingerprint density at radius 2 is 2.10 bits per heavy atom. The fraction of sp³-hybridized carbons (Fsp3) is 0.500. The van der Waals surface area contributed by atoms with Gasteiger partial charge >= 0.3 is 0 Å². The van der Waals surface area contributed by atoms with E-state index in [0.29, 0.717) is 19.0 Å². The third-order valence-corrected chi connectivity index (χ3v) is 4.08. The minimum Gasteiger partial charge on any atom is -0.389 e. The molecule has 2 rings (SSSR count). The van der Waals surface area contributed by atoms with Crippen molar-refractivity contribution < 1.29 is 13.5 Å². The molecule has 1 aliphatic rings. The highest BCUT2D eigenvalue weighted by Crippen LogP contribution is 2.29. The second kappa shape index (κ2) is 6.01. The van der Waals surface area contributed by atoms with Crippen LogP contribution in [0.1, 0.15) is 18.9 Å². The molecule has 1 aliphatic heterocycles. The molecule has 2 N–H and O–H groups in total. The number of nitrogens with two attached hydrogens (primary N) is 1. The summed E-state index contributed by atoms with van der Waals surface area (Å²) in [5.41, 5.74) is 5.54. The van der Waals surface area contributed by atoms with Gasteiger partial charge in [-0.3, -0.25) is 0 Å². The van der Waals surface area contributed by atoms with E-state index in [1.54, 1.807) is 12.0 Å². The van der Waals surface area contributed by atoms with Crippen LogP contribution in [0.5, 0.6) is 0 Å². The van der Waals surface area contributed by atoms with Gasteiger partial charge in [-0.05, 0) is 24.5 Å². The largest absolute Gasteiger partial charge is 0.389 e. The molecule has 0 spiro atoms. The molecular weight excluding hydrogens is 282 g/mol. The Balaban J connectivity index is 2.30. The lowest BCUT2D eigenvalue weighted by atomic mass is 9.95. The van der Waals surface area contributed by atoms with Gasteiger partial charge in [0.15, 0.2) is 11.6 Å². The predicted octanol–water partition coefficient (Wildman–Crippen LogP) is 2.46. The third kappa shape index (κ3) is 2.76. The molecule has 20 heavy (non-hydrogen) atoms. The van der Waals surface area contributed by atoms with Crippen molar-refractivity contribution in [3.8, 4) is 0 Å². The van der Waals surface area contributed by atoms with Crippen molar-refractivity contribution in [2.24, 2.45) is 11.7 Å². The first-order chi connectivity index (χ1) is 9.45. The predicted molar refractivity (Wildman–Crippen MR) is 79.0 cm³/mol. The van der Waals surface area contributed by atoms with Crippen LogP contribution in [0.4, 0.5) is 14.5 Å². The van der Waals surface area contributed by atoms with E-state index in [1.807, 2.05) is 0 Å². The first-order valence-electron chi connectivity index (χ1n) is 6.51. The van der Waals surface area contributed by atoms with Gasteiger partial charge in [0, 0.05) is 25.8 Å². The summed E-state index contributed by atoms with van der Waals surface area (Å²) in [6.45, 7) is 3.31. The Labute approximate surface area is 122 Å². The molecule has 110 valence electrons. The molecular formula is C14H18F2N2OS. The van der Waals surface area contributed by atoms with Crippen LogP contribution >= 0.6 is 12.2 Å². The number of benzene rings is 1. The maximum atomic E-state index is 14.2. The van der Waals surface area contributed by atoms with Crippen LogP contribution in [-0.2, 0) is 4.74 Å². The van der Waals surface area contributed by atoms with E-state index >= 15 is 0 Å². The highest BCUT2D eigenvalue weighted by Gasteiger charge is 2.28. The van der Waals surface area contributed by atoms with Crippen molar-refractivity contribution in [3.63, 3.8) is 0 Å². The molecule has 3 nitrogen and oxygen atoms in total. The number of halogens is 2. The second-order valence-electron chi connectivity index (χ2n) is 5.11. The van der Waals surface area contributed by atoms with Crippen LogP contribution in [0.15, 0.2) is 12.1 Å². The number of methoxy groups -OCH3 is 1. The molecule has 1 aromatic carbocycles. The SMILES string of the molecule is COC1CN(c2ccc(C(N)=S)c(F)c2F)CCC1C. The van der Waals surface area contributed by atoms with Crippen molar-refractivity contribution in [1.29, 1.82) is 0 Å². The van der Waals surface area contributed by atoms with E-state index in [9.17, 15) is 8.78 Å². The average molecular weight is 300 g/mol. The van der Waals surface area contributed by atoms with E-state index in [0.717, 1.165) is 6.42 Å². The molecule has 0 amide bonds. The number of hydrogen-bond donors (Lipinski definition) is 1. The highest BCUT2D eigenvalue weighted by molar-refractivity contribution is 7.80. The van der Waals surface area contributed by atoms with Crippen LogP contribution in [0.2, 0.25) is 0 Å². The van der Waals surface area contributed by atoms with E-state index in [2.05, 4.69) is 6.92 Å². The Morgan fingerprint density at radius 3 is 2.70 bits per heavy atom. The molecule has 6 heteroatoms. The fourth-order valence-corrected chi connectivity index (χ4v) is 2.69. The van der Waals surface area contributed by atoms with Gasteiger partial charge in [-0.2, -0.15) is 0 Å². The van der Waals surface area contributed by atoms with Gasteiger partial charge in [0.2, 0.25) is 0 Å². The van der Waals surface area contributed by atoms with Crippen molar-refractivity contribution in [2.75, 3.05) is 25.1 Å². The molecule has 1 fully saturated rings. The summed E-state index contributed by atoms with van der Waals surface area (Å²) in [6.07, 6.45) is 0.887. The maximum Gasteiger partial charge on any atom is 0.182 e. The summed E-state index contributed by atoms with van der Waals surface area (Å²) in [4.78, 5) is 1.66. The molecule has 2 unspecified atom stereocenters. The third-order valence-electron chi connectivity index (χ3n) is 3.86. The van der Waals surface area contributed by atoms with Gasteiger partial charge in [-0.15, -0.1) is 0 Å². The zero-order valence-electron chi connectivity index (χ0n) is 11.5. The van der Waals surface area contributed by atoms with E-state index < -0.39 is 11.6 Å². The maximum absolute atomic E-state index is 14.2. The number of piperidine rings is 1. The molecule has 0 bridgehead atoms. The van der Waals surface area contributed by atoms with Gasteiger partial charge in [-0.25, -0.2) is 8.78 Å². The fourth-order valence-electron chi connectivity index (χ4n) is 2.53. The van der Waals surface area contributed by atoms with Crippen LogP contribution in [0, 0.1) is 17.6 Å². The van der Waals surface area contributed by atoms with Crippen molar-refractivity contribution in [3.05, 3.63) is 29.3 Å². The molecule has 2 atom stereocenters. The average Bonchev–Trinajstić information content (AvgIpc) is 2.42. The summed E-state index contributed by atoms with van der Waals surface area (Å²) >= 11 is 4.70. The number of ether oxygens (including phenoxy) is 1. The van der Waals surface area contributed by atoms with Gasteiger partial charge in [0.25, 0.3) is 0 Å². The standard InChI is InChI=1S/C14H18F2N2OS/c1-8-5-6-18(7-11(8)19-2)10-4-3-9(14(17)20)12(15)13(10)16/h3-4,8,11H,5-7H2,1-2H3,(H2,17,20). The minimum absolute atomic E-state index is 0.0153. The lowest BCUT2D eigenvalue weighted by Crippen LogP contribution is -2.44. The van der Waals surface area contributed by atoms with Gasteiger partial charge in [0.05, 0.1) is 11.8 Å². The van der Waals surface area contributed by atoms with Gasteiger partial charge in [-0.1, -0.05) is 19.1 Å². The molecule has 0 saturated carbocycles. The van der Waals surface area contributed by atoms with Gasteiger partial charge in [0.1, 0.15) is 4.99 Å². The zero-order valence-corrected chi connectivity index (χ0v) is 12.3. The molecule has 1 saturated heterocycles. The number of nitrogens with zero attached hydrogens (tertiary/aromatic N) is 1. The van der Waals surface area contributed by atoms with Crippen LogP contribution in [-0.4, -0.2) is 31.3 Å². The molecule has 0 aromatic heterocycles. The van der Waals surface area contributed by atoms with Crippen molar-refractivity contribution in [2.45, 2.75) is 19.4 Å². The smallest absolute Gasteiger partial charge is 0.182 e. The molecule has 1 heterocycles. The number of anilines is 1. The minimum atomic E-state index is -0.984. The Kier molecular flexibility index (Phi) is 4.55. The number of rotatable bonds is 3. The summed E-state index contributed by atoms with van der Waals surface area (Å²) in [7, 11) is 1.64. The lowest BCUT2D eigenvalue weighted by molar-refractivity contribution is 0.0496. The van der Waals surface area contributed by atoms with Crippen molar-refractivity contribution in [1.82, 2.24) is 0 Å². The monoisotopic (exact) mass is 300 g/mol. The quantitative estimate of drug-likeness (QED) is 0.870. The normalized spacial score (nSPS) is 22.9. The Bertz CT molecular complexity index is 524. The Morgan fingerprint density at radius 1 is 1.40 bits per heavy atom. The van der Waals surface area contributed by atoms with E-state index in [4.69, 9.17) is 22.7 Å². The summed E-state index contributed by atoms with van der Waals surface area (Å²) < 4.78 is 33.5. The van der Waals surface area contributed by atoms with Crippen LogP contribution in [0.3, 0.4) is 0 Å². The van der Waals surface area contributed by atoms with E-state index in [-0.39, 0.29) is 22.3 Å². The topological polar surface area (TPSA) is 38.5 Å².